The second kappa shape index (κ2) is 10.2. The Kier molecular flexibility index (Phi) is 6.64. The van der Waals surface area contributed by atoms with Gasteiger partial charge in [-0.05, 0) is 44.0 Å². The lowest BCUT2D eigenvalue weighted by atomic mass is 9.92. The van der Waals surface area contributed by atoms with E-state index in [9.17, 15) is 18.4 Å². The van der Waals surface area contributed by atoms with Gasteiger partial charge in [0.25, 0.3) is 0 Å². The monoisotopic (exact) mass is 608 g/mol. The Hall–Kier alpha value is -4.15. The Morgan fingerprint density at radius 1 is 1.14 bits per heavy atom. The van der Waals surface area contributed by atoms with Crippen LogP contribution >= 0.6 is 0 Å². The number of anilines is 2. The lowest BCUT2D eigenvalue weighted by Crippen LogP contribution is -2.55. The van der Waals surface area contributed by atoms with E-state index in [2.05, 4.69) is 27.1 Å². The van der Waals surface area contributed by atoms with E-state index in [-0.39, 0.29) is 69.7 Å². The number of ether oxygens (including phenoxy) is 1. The lowest BCUT2D eigenvalue weighted by molar-refractivity contribution is -0.137. The molecule has 4 aromatic rings. The zero-order valence-corrected chi connectivity index (χ0v) is 24.5. The van der Waals surface area contributed by atoms with Crippen molar-refractivity contribution in [3.8, 4) is 23.2 Å². The quantitative estimate of drug-likeness (QED) is 0.249. The second-order valence-corrected chi connectivity index (χ2v) is 12.4. The Morgan fingerprint density at radius 2 is 1.86 bits per heavy atom. The fraction of sp³-hybridized carbons (Fsp3) is 0.452. The number of rotatable bonds is 5. The van der Waals surface area contributed by atoms with Gasteiger partial charge in [-0.1, -0.05) is 6.92 Å². The molecule has 230 valence electrons. The summed E-state index contributed by atoms with van der Waals surface area (Å²) in [6.07, 6.45) is -1.65. The van der Waals surface area contributed by atoms with Gasteiger partial charge >= 0.3 is 12.2 Å². The molecule has 3 fully saturated rings. The van der Waals surface area contributed by atoms with Crippen LogP contribution in [0.2, 0.25) is 0 Å². The lowest BCUT2D eigenvalue weighted by Gasteiger charge is -2.43. The van der Waals surface area contributed by atoms with Gasteiger partial charge in [-0.15, -0.1) is 0 Å². The molecule has 0 aliphatic carbocycles. The highest BCUT2D eigenvalue weighted by Crippen LogP contribution is 2.46. The summed E-state index contributed by atoms with van der Waals surface area (Å²) in [6, 6.07) is 6.39. The number of likely N-dealkylation sites (tertiary alicyclic amines) is 1. The third-order valence-electron chi connectivity index (χ3n) is 9.46. The summed E-state index contributed by atoms with van der Waals surface area (Å²) in [4.78, 5) is 13.0. The molecule has 2 aromatic heterocycles. The number of hydrogen-bond donors (Lipinski definition) is 2. The van der Waals surface area contributed by atoms with Gasteiger partial charge in [-0.2, -0.15) is 28.4 Å². The summed E-state index contributed by atoms with van der Waals surface area (Å²) in [7, 11) is 3.60. The van der Waals surface area contributed by atoms with Crippen LogP contribution in [0.5, 0.6) is 6.01 Å². The van der Waals surface area contributed by atoms with Crippen molar-refractivity contribution in [1.29, 1.82) is 5.26 Å². The van der Waals surface area contributed by atoms with Crippen molar-refractivity contribution in [2.24, 2.45) is 13.0 Å². The van der Waals surface area contributed by atoms with Crippen LogP contribution in [0.1, 0.15) is 30.9 Å². The molecule has 9 nitrogen and oxygen atoms in total. The largest absolute Gasteiger partial charge is 0.462 e. The minimum absolute atomic E-state index is 0.0202. The van der Waals surface area contributed by atoms with Crippen LogP contribution in [0.3, 0.4) is 0 Å². The number of aromatic nitrogens is 3. The van der Waals surface area contributed by atoms with Gasteiger partial charge < -0.3 is 25.3 Å². The number of alkyl halides is 3. The maximum Gasteiger partial charge on any atom is 0.417 e. The molecule has 0 spiro atoms. The van der Waals surface area contributed by atoms with Gasteiger partial charge in [0, 0.05) is 78.4 Å². The molecule has 5 heterocycles. The fourth-order valence-corrected chi connectivity index (χ4v) is 7.22. The molecule has 3 aliphatic rings. The fourth-order valence-electron chi connectivity index (χ4n) is 7.22. The van der Waals surface area contributed by atoms with Crippen molar-refractivity contribution in [2.45, 2.75) is 44.1 Å². The molecule has 3 aliphatic heterocycles. The van der Waals surface area contributed by atoms with Crippen LogP contribution in [0.25, 0.3) is 32.9 Å². The Labute approximate surface area is 251 Å². The Balaban J connectivity index is 1.48. The van der Waals surface area contributed by atoms with Crippen LogP contribution < -0.4 is 20.7 Å². The van der Waals surface area contributed by atoms with Gasteiger partial charge in [0.1, 0.15) is 24.0 Å². The third kappa shape index (κ3) is 4.50. The molecule has 0 amide bonds. The topological polar surface area (TPSA) is 108 Å². The maximum absolute atomic E-state index is 16.9. The van der Waals surface area contributed by atoms with E-state index in [1.165, 1.54) is 12.3 Å². The van der Waals surface area contributed by atoms with Crippen molar-refractivity contribution < 1.29 is 22.3 Å². The first kappa shape index (κ1) is 28.6. The first-order valence-corrected chi connectivity index (χ1v) is 14.7. The number of nitriles is 1. The van der Waals surface area contributed by atoms with E-state index < -0.39 is 23.1 Å². The zero-order valence-electron chi connectivity index (χ0n) is 24.5. The highest BCUT2D eigenvalue weighted by molar-refractivity contribution is 6.05. The highest BCUT2D eigenvalue weighted by Gasteiger charge is 2.40. The summed E-state index contributed by atoms with van der Waals surface area (Å²) >= 11 is 0. The van der Waals surface area contributed by atoms with Gasteiger partial charge in [0.2, 0.25) is 0 Å². The van der Waals surface area contributed by atoms with Crippen LogP contribution in [0.4, 0.5) is 29.1 Å². The van der Waals surface area contributed by atoms with Gasteiger partial charge in [0.15, 0.2) is 5.82 Å². The molecular formula is C31H32F4N8O. The van der Waals surface area contributed by atoms with E-state index in [1.54, 1.807) is 17.7 Å². The van der Waals surface area contributed by atoms with Gasteiger partial charge in [0.05, 0.1) is 16.8 Å². The summed E-state index contributed by atoms with van der Waals surface area (Å²) in [5.41, 5.74) is 4.33. The molecule has 44 heavy (non-hydrogen) atoms. The van der Waals surface area contributed by atoms with Gasteiger partial charge in [-0.25, -0.2) is 4.39 Å². The number of hydrogen-bond acceptors (Lipinski definition) is 8. The minimum Gasteiger partial charge on any atom is -0.462 e. The molecule has 0 saturated carbocycles. The number of nitrogen functional groups attached to an aromatic ring is 1. The molecule has 0 radical (unpaired) electrons. The first-order valence-electron chi connectivity index (χ1n) is 14.7. The molecule has 13 heteroatoms. The van der Waals surface area contributed by atoms with Gasteiger partial charge in [-0.3, -0.25) is 4.90 Å². The van der Waals surface area contributed by atoms with E-state index >= 15 is 4.39 Å². The van der Waals surface area contributed by atoms with Crippen LogP contribution in [0, 0.1) is 23.1 Å². The number of halogens is 4. The molecule has 3 N–H and O–H groups in total. The average Bonchev–Trinajstić information content (AvgIpc) is 3.49. The molecule has 4 atom stereocenters. The summed E-state index contributed by atoms with van der Waals surface area (Å²) in [6.45, 7) is 4.32. The van der Waals surface area contributed by atoms with Crippen LogP contribution in [0.15, 0.2) is 24.4 Å². The van der Waals surface area contributed by atoms with E-state index in [0.717, 1.165) is 25.5 Å². The molecular weight excluding hydrogens is 576 g/mol. The van der Waals surface area contributed by atoms with Crippen molar-refractivity contribution >= 4 is 33.3 Å². The van der Waals surface area contributed by atoms with E-state index in [4.69, 9.17) is 10.5 Å². The molecule has 3 saturated heterocycles. The Morgan fingerprint density at radius 3 is 2.50 bits per heavy atom. The van der Waals surface area contributed by atoms with E-state index in [0.29, 0.717) is 24.5 Å². The normalized spacial score (nSPS) is 23.7. The number of aryl methyl sites for hydroxylation is 1. The van der Waals surface area contributed by atoms with Crippen molar-refractivity contribution in [3.63, 3.8) is 0 Å². The number of nitrogens with zero attached hydrogens (tertiary/aromatic N) is 6. The molecule has 7 rings (SSSR count). The standard InChI is InChI=1S/C31H32F4N8O/c1-15-10-41(2)24(15)14-44-30-39-28-18(29(40-30)43-11-16-4-5-17(12-43)38-16)8-21(31(33,34)35)26(27(28)32)20-13-42(3)23-7-6-22(37)19(9-36)25(20)23/h6-8,13,15-17,24,38H,4-5,10-12,14,37H2,1-3H3/t15-,16?,17?,24-/m1/s1. The Bertz CT molecular complexity index is 1830. The number of benzene rings is 2. The predicted molar refractivity (Wildman–Crippen MR) is 159 cm³/mol. The number of fused-ring (bicyclic) bond motifs is 4. The minimum atomic E-state index is -4.93. The third-order valence-corrected chi connectivity index (χ3v) is 9.46. The van der Waals surface area contributed by atoms with Crippen molar-refractivity contribution in [2.75, 3.05) is 43.9 Å². The maximum atomic E-state index is 16.9. The number of nitrogens with one attached hydrogen (secondary N) is 1. The smallest absolute Gasteiger partial charge is 0.417 e. The second-order valence-electron chi connectivity index (χ2n) is 12.4. The number of nitrogens with two attached hydrogens (primary N) is 1. The average molecular weight is 609 g/mol. The molecule has 2 unspecified atom stereocenters. The predicted octanol–water partition coefficient (Wildman–Crippen LogP) is 4.67. The van der Waals surface area contributed by atoms with Crippen molar-refractivity contribution in [3.05, 3.63) is 41.3 Å². The summed E-state index contributed by atoms with van der Waals surface area (Å²) < 4.78 is 69.1. The molecule has 2 aromatic carbocycles. The number of piperazine rings is 1. The van der Waals surface area contributed by atoms with Crippen LogP contribution in [-0.2, 0) is 13.2 Å². The van der Waals surface area contributed by atoms with Crippen LogP contribution in [-0.4, -0.2) is 70.8 Å². The summed E-state index contributed by atoms with van der Waals surface area (Å²) in [5, 5.41) is 13.5. The van der Waals surface area contributed by atoms with E-state index in [1.807, 2.05) is 18.0 Å². The number of likely N-dealkylation sites (N-methyl/N-ethyl adjacent to an activating group) is 1. The SMILES string of the molecule is C[C@@H]1CN(C)[C@@H]1COc1nc(N2CC3CCC(C2)N3)c2cc(C(F)(F)F)c(-c3cn(C)c4ccc(N)c(C#N)c34)c(F)c2n1. The van der Waals surface area contributed by atoms with Crippen molar-refractivity contribution in [1.82, 2.24) is 24.8 Å². The molecule has 2 bridgehead atoms. The summed E-state index contributed by atoms with van der Waals surface area (Å²) in [5.74, 6) is -0.557. The first-order chi connectivity index (χ1) is 20.9. The zero-order chi connectivity index (χ0) is 31.1. The highest BCUT2D eigenvalue weighted by atomic mass is 19.4.